The van der Waals surface area contributed by atoms with E-state index >= 15 is 0 Å². The molecular weight excluding hydrogens is 314 g/mol. The summed E-state index contributed by atoms with van der Waals surface area (Å²) in [5, 5.41) is 0. The Morgan fingerprint density at radius 1 is 1.11 bits per heavy atom. The lowest BCUT2D eigenvalue weighted by Crippen LogP contribution is -2.02. The molecule has 0 aliphatic rings. The van der Waals surface area contributed by atoms with Crippen molar-refractivity contribution in [2.24, 2.45) is 0 Å². The van der Waals surface area contributed by atoms with Crippen LogP contribution >= 0.6 is 15.9 Å². The largest absolute Gasteiger partial charge is 0.486 e. The number of aryl methyl sites for hydroxylation is 2. The highest BCUT2D eigenvalue weighted by Crippen LogP contribution is 2.26. The zero-order valence-electron chi connectivity index (χ0n) is 10.6. The molecular formula is C15H13BrF2O. The fraction of sp³-hybridized carbons (Fsp3) is 0.200. The summed E-state index contributed by atoms with van der Waals surface area (Å²) in [5.41, 5.74) is 3.12. The summed E-state index contributed by atoms with van der Waals surface area (Å²) in [6, 6.07) is 8.37. The predicted molar refractivity (Wildman–Crippen MR) is 74.3 cm³/mol. The minimum atomic E-state index is -0.963. The first-order chi connectivity index (χ1) is 8.99. The SMILES string of the molecule is Cc1cccc(C)c1COc1cc(Br)cc(F)c1F. The van der Waals surface area contributed by atoms with Crippen LogP contribution in [0.4, 0.5) is 8.78 Å². The molecule has 2 aromatic carbocycles. The molecule has 0 saturated heterocycles. The first-order valence-electron chi connectivity index (χ1n) is 5.81. The van der Waals surface area contributed by atoms with Gasteiger partial charge in [-0.15, -0.1) is 0 Å². The summed E-state index contributed by atoms with van der Waals surface area (Å²) in [4.78, 5) is 0. The van der Waals surface area contributed by atoms with Crippen molar-refractivity contribution in [3.05, 3.63) is 63.1 Å². The van der Waals surface area contributed by atoms with Crippen molar-refractivity contribution in [3.8, 4) is 5.75 Å². The van der Waals surface area contributed by atoms with Crippen molar-refractivity contribution >= 4 is 15.9 Å². The lowest BCUT2D eigenvalue weighted by molar-refractivity contribution is 0.283. The third kappa shape index (κ3) is 3.13. The first kappa shape index (κ1) is 14.0. The van der Waals surface area contributed by atoms with E-state index in [9.17, 15) is 8.78 Å². The van der Waals surface area contributed by atoms with Gasteiger partial charge >= 0.3 is 0 Å². The summed E-state index contributed by atoms with van der Waals surface area (Å²) in [5.74, 6) is -1.98. The third-order valence-corrected chi connectivity index (χ3v) is 3.43. The Bertz CT molecular complexity index is 591. The Hall–Kier alpha value is -1.42. The third-order valence-electron chi connectivity index (χ3n) is 2.98. The minimum Gasteiger partial charge on any atom is -0.486 e. The minimum absolute atomic E-state index is 0.0884. The van der Waals surface area contributed by atoms with Crippen LogP contribution in [0.2, 0.25) is 0 Å². The number of hydrogen-bond acceptors (Lipinski definition) is 1. The molecule has 0 spiro atoms. The van der Waals surface area contributed by atoms with Gasteiger partial charge in [-0.25, -0.2) is 4.39 Å². The highest BCUT2D eigenvalue weighted by atomic mass is 79.9. The summed E-state index contributed by atoms with van der Waals surface area (Å²) >= 11 is 3.12. The molecule has 0 atom stereocenters. The second-order valence-corrected chi connectivity index (χ2v) is 5.27. The quantitative estimate of drug-likeness (QED) is 0.727. The van der Waals surface area contributed by atoms with Crippen molar-refractivity contribution in [1.82, 2.24) is 0 Å². The summed E-state index contributed by atoms with van der Waals surface area (Å²) in [7, 11) is 0. The molecule has 1 nitrogen and oxygen atoms in total. The zero-order valence-corrected chi connectivity index (χ0v) is 12.2. The monoisotopic (exact) mass is 326 g/mol. The fourth-order valence-corrected chi connectivity index (χ4v) is 2.27. The van der Waals surface area contributed by atoms with Gasteiger partial charge in [-0.3, -0.25) is 0 Å². The van der Waals surface area contributed by atoms with Gasteiger partial charge < -0.3 is 4.74 Å². The molecule has 0 aromatic heterocycles. The number of hydrogen-bond donors (Lipinski definition) is 0. The van der Waals surface area contributed by atoms with Crippen molar-refractivity contribution < 1.29 is 13.5 Å². The average molecular weight is 327 g/mol. The molecule has 0 aliphatic heterocycles. The zero-order chi connectivity index (χ0) is 14.0. The van der Waals surface area contributed by atoms with Crippen molar-refractivity contribution in [2.75, 3.05) is 0 Å². The maximum absolute atomic E-state index is 13.6. The molecule has 0 aliphatic carbocycles. The van der Waals surface area contributed by atoms with Crippen LogP contribution in [0.25, 0.3) is 0 Å². The van der Waals surface area contributed by atoms with Crippen LogP contribution in [0.1, 0.15) is 16.7 Å². The number of halogens is 3. The molecule has 0 fully saturated rings. The van der Waals surface area contributed by atoms with Crippen LogP contribution in [0.5, 0.6) is 5.75 Å². The molecule has 0 radical (unpaired) electrons. The number of benzene rings is 2. The first-order valence-corrected chi connectivity index (χ1v) is 6.61. The highest BCUT2D eigenvalue weighted by molar-refractivity contribution is 9.10. The van der Waals surface area contributed by atoms with Crippen LogP contribution in [0.3, 0.4) is 0 Å². The van der Waals surface area contributed by atoms with Gasteiger partial charge in [0.2, 0.25) is 5.82 Å². The van der Waals surface area contributed by atoms with E-state index in [0.29, 0.717) is 4.47 Å². The van der Waals surface area contributed by atoms with Crippen molar-refractivity contribution in [2.45, 2.75) is 20.5 Å². The Morgan fingerprint density at radius 2 is 1.74 bits per heavy atom. The molecule has 19 heavy (non-hydrogen) atoms. The van der Waals surface area contributed by atoms with Gasteiger partial charge in [-0.2, -0.15) is 4.39 Å². The standard InChI is InChI=1S/C15H13BrF2O/c1-9-4-3-5-10(2)12(9)8-19-14-7-11(16)6-13(17)15(14)18/h3-7H,8H2,1-2H3. The van der Waals surface area contributed by atoms with Crippen LogP contribution in [0.15, 0.2) is 34.8 Å². The van der Waals surface area contributed by atoms with Gasteiger partial charge in [0.15, 0.2) is 11.6 Å². The normalized spacial score (nSPS) is 10.6. The predicted octanol–water partition coefficient (Wildman–Crippen LogP) is 4.92. The molecule has 0 amide bonds. The molecule has 0 heterocycles. The van der Waals surface area contributed by atoms with Gasteiger partial charge in [0, 0.05) is 4.47 Å². The molecule has 4 heteroatoms. The van der Waals surface area contributed by atoms with E-state index in [-0.39, 0.29) is 12.4 Å². The maximum Gasteiger partial charge on any atom is 0.200 e. The fourth-order valence-electron chi connectivity index (χ4n) is 1.86. The smallest absolute Gasteiger partial charge is 0.200 e. The van der Waals surface area contributed by atoms with Crippen LogP contribution in [-0.4, -0.2) is 0 Å². The molecule has 0 saturated carbocycles. The summed E-state index contributed by atoms with van der Waals surface area (Å²) in [6.07, 6.45) is 0. The van der Waals surface area contributed by atoms with E-state index in [2.05, 4.69) is 15.9 Å². The lowest BCUT2D eigenvalue weighted by atomic mass is 10.0. The highest BCUT2D eigenvalue weighted by Gasteiger charge is 2.12. The Morgan fingerprint density at radius 3 is 2.37 bits per heavy atom. The second kappa shape index (κ2) is 5.70. The van der Waals surface area contributed by atoms with Crippen LogP contribution in [-0.2, 0) is 6.61 Å². The molecule has 0 bridgehead atoms. The second-order valence-electron chi connectivity index (χ2n) is 4.36. The maximum atomic E-state index is 13.6. The van der Waals surface area contributed by atoms with Gasteiger partial charge in [0.05, 0.1) is 0 Å². The van der Waals surface area contributed by atoms with E-state index in [1.807, 2.05) is 32.0 Å². The Labute approximate surface area is 119 Å². The molecule has 2 aromatic rings. The number of ether oxygens (including phenoxy) is 1. The summed E-state index contributed by atoms with van der Waals surface area (Å²) < 4.78 is 32.7. The van der Waals surface area contributed by atoms with Gasteiger partial charge in [0.25, 0.3) is 0 Å². The van der Waals surface area contributed by atoms with Gasteiger partial charge in [-0.05, 0) is 42.7 Å². The Kier molecular flexibility index (Phi) is 4.20. The topological polar surface area (TPSA) is 9.23 Å². The van der Waals surface area contributed by atoms with E-state index in [4.69, 9.17) is 4.74 Å². The molecule has 0 N–H and O–H groups in total. The van der Waals surface area contributed by atoms with E-state index < -0.39 is 11.6 Å². The van der Waals surface area contributed by atoms with Gasteiger partial charge in [0.1, 0.15) is 6.61 Å². The molecule has 0 unspecified atom stereocenters. The van der Waals surface area contributed by atoms with Crippen LogP contribution in [0, 0.1) is 25.5 Å². The van der Waals surface area contributed by atoms with Gasteiger partial charge in [-0.1, -0.05) is 34.1 Å². The van der Waals surface area contributed by atoms with E-state index in [1.54, 1.807) is 0 Å². The summed E-state index contributed by atoms with van der Waals surface area (Å²) in [6.45, 7) is 4.14. The lowest BCUT2D eigenvalue weighted by Gasteiger charge is -2.12. The van der Waals surface area contributed by atoms with Crippen molar-refractivity contribution in [3.63, 3.8) is 0 Å². The van der Waals surface area contributed by atoms with Crippen molar-refractivity contribution in [1.29, 1.82) is 0 Å². The van der Waals surface area contributed by atoms with E-state index in [0.717, 1.165) is 22.8 Å². The number of rotatable bonds is 3. The average Bonchev–Trinajstić information content (AvgIpc) is 2.34. The molecule has 100 valence electrons. The Balaban J connectivity index is 2.24. The molecule has 2 rings (SSSR count). The van der Waals surface area contributed by atoms with Crippen LogP contribution < -0.4 is 4.74 Å². The van der Waals surface area contributed by atoms with E-state index in [1.165, 1.54) is 6.07 Å².